The second-order valence-electron chi connectivity index (χ2n) is 6.43. The third-order valence-corrected chi connectivity index (χ3v) is 4.51. The van der Waals surface area contributed by atoms with E-state index in [0.717, 1.165) is 5.56 Å². The molecule has 1 unspecified atom stereocenters. The summed E-state index contributed by atoms with van der Waals surface area (Å²) in [7, 11) is 0. The summed E-state index contributed by atoms with van der Waals surface area (Å²) in [5.41, 5.74) is 1.26. The van der Waals surface area contributed by atoms with Crippen LogP contribution in [0.3, 0.4) is 0 Å². The first-order chi connectivity index (χ1) is 11.5. The van der Waals surface area contributed by atoms with Crippen LogP contribution in [-0.4, -0.2) is 38.3 Å². The normalized spacial score (nSPS) is 20.9. The van der Waals surface area contributed by atoms with Gasteiger partial charge in [-0.3, -0.25) is 0 Å². The molecule has 1 saturated heterocycles. The number of fused-ring (bicyclic) bond motifs is 1. The van der Waals surface area contributed by atoms with Crippen molar-refractivity contribution in [2.75, 3.05) is 18.0 Å². The standard InChI is InChI=1S/C17H17ClFN5/c1-17(19)7-8-23(10-17)14-13-15(22-16(18)21-14)24(11-20-13)9-12-5-3-2-4-6-12/h2-6,11H,7-10H2,1H3. The van der Waals surface area contributed by atoms with Crippen LogP contribution in [0.5, 0.6) is 0 Å². The van der Waals surface area contributed by atoms with E-state index in [1.165, 1.54) is 0 Å². The number of benzene rings is 1. The zero-order valence-corrected chi connectivity index (χ0v) is 14.0. The molecule has 3 heterocycles. The molecule has 0 radical (unpaired) electrons. The Balaban J connectivity index is 1.75. The molecule has 0 bridgehead atoms. The van der Waals surface area contributed by atoms with Crippen molar-refractivity contribution in [3.05, 3.63) is 47.5 Å². The number of rotatable bonds is 3. The number of halogens is 2. The van der Waals surface area contributed by atoms with Crippen LogP contribution >= 0.6 is 11.6 Å². The maximum Gasteiger partial charge on any atom is 0.226 e. The third-order valence-electron chi connectivity index (χ3n) is 4.34. The van der Waals surface area contributed by atoms with Crippen LogP contribution in [0.1, 0.15) is 18.9 Å². The highest BCUT2D eigenvalue weighted by Gasteiger charge is 2.35. The molecule has 3 aromatic rings. The van der Waals surface area contributed by atoms with Gasteiger partial charge in [-0.15, -0.1) is 0 Å². The summed E-state index contributed by atoms with van der Waals surface area (Å²) in [6, 6.07) is 10.1. The van der Waals surface area contributed by atoms with Crippen LogP contribution in [0.15, 0.2) is 36.7 Å². The van der Waals surface area contributed by atoms with E-state index < -0.39 is 5.67 Å². The number of imidazole rings is 1. The van der Waals surface area contributed by atoms with Gasteiger partial charge < -0.3 is 9.47 Å². The molecule has 0 saturated carbocycles. The summed E-state index contributed by atoms with van der Waals surface area (Å²) in [6.45, 7) is 3.15. The van der Waals surface area contributed by atoms with Crippen molar-refractivity contribution in [3.8, 4) is 0 Å². The molecule has 1 aliphatic rings. The van der Waals surface area contributed by atoms with Crippen LogP contribution in [0.4, 0.5) is 10.2 Å². The molecule has 1 aromatic carbocycles. The number of anilines is 1. The Labute approximate surface area is 144 Å². The van der Waals surface area contributed by atoms with Crippen molar-refractivity contribution >= 4 is 28.6 Å². The van der Waals surface area contributed by atoms with E-state index in [1.54, 1.807) is 13.3 Å². The Kier molecular flexibility index (Phi) is 3.64. The Morgan fingerprint density at radius 2 is 2.04 bits per heavy atom. The smallest absolute Gasteiger partial charge is 0.226 e. The molecule has 1 fully saturated rings. The Morgan fingerprint density at radius 3 is 2.75 bits per heavy atom. The average molecular weight is 346 g/mol. The van der Waals surface area contributed by atoms with Crippen molar-refractivity contribution in [2.24, 2.45) is 0 Å². The fraction of sp³-hybridized carbons (Fsp3) is 0.353. The van der Waals surface area contributed by atoms with E-state index >= 15 is 0 Å². The SMILES string of the molecule is CC1(F)CCN(c2nc(Cl)nc3c2ncn3Cc2ccccc2)C1. The van der Waals surface area contributed by atoms with Crippen LogP contribution in [-0.2, 0) is 6.54 Å². The van der Waals surface area contributed by atoms with Crippen molar-refractivity contribution < 1.29 is 4.39 Å². The minimum atomic E-state index is -1.21. The summed E-state index contributed by atoms with van der Waals surface area (Å²) in [4.78, 5) is 15.0. The fourth-order valence-electron chi connectivity index (χ4n) is 3.12. The van der Waals surface area contributed by atoms with Gasteiger partial charge in [-0.1, -0.05) is 30.3 Å². The van der Waals surface area contributed by atoms with Gasteiger partial charge in [0.2, 0.25) is 5.28 Å². The van der Waals surface area contributed by atoms with E-state index in [9.17, 15) is 4.39 Å². The number of nitrogens with zero attached hydrogens (tertiary/aromatic N) is 5. The molecule has 0 aliphatic carbocycles. The monoisotopic (exact) mass is 345 g/mol. The number of alkyl halides is 1. The zero-order valence-electron chi connectivity index (χ0n) is 13.3. The van der Waals surface area contributed by atoms with Crippen LogP contribution in [0.25, 0.3) is 11.2 Å². The van der Waals surface area contributed by atoms with Gasteiger partial charge >= 0.3 is 0 Å². The van der Waals surface area contributed by atoms with Gasteiger partial charge in [0.1, 0.15) is 5.67 Å². The summed E-state index contributed by atoms with van der Waals surface area (Å²) in [5.74, 6) is 0.609. The predicted octanol–water partition coefficient (Wildman–Crippen LogP) is 3.47. The minimum Gasteiger partial charge on any atom is -0.351 e. The second-order valence-corrected chi connectivity index (χ2v) is 6.77. The number of hydrogen-bond donors (Lipinski definition) is 0. The van der Waals surface area contributed by atoms with E-state index in [0.29, 0.717) is 43.0 Å². The van der Waals surface area contributed by atoms with Crippen LogP contribution < -0.4 is 4.90 Å². The number of aromatic nitrogens is 4. The minimum absolute atomic E-state index is 0.153. The van der Waals surface area contributed by atoms with Gasteiger partial charge in [0, 0.05) is 13.0 Å². The van der Waals surface area contributed by atoms with Gasteiger partial charge in [-0.25, -0.2) is 9.37 Å². The molecule has 4 rings (SSSR count). The van der Waals surface area contributed by atoms with Crippen LogP contribution in [0.2, 0.25) is 5.28 Å². The van der Waals surface area contributed by atoms with Crippen molar-refractivity contribution in [1.29, 1.82) is 0 Å². The molecule has 0 N–H and O–H groups in total. The molecule has 0 amide bonds. The third kappa shape index (κ3) is 2.82. The van der Waals surface area contributed by atoms with Crippen molar-refractivity contribution in [1.82, 2.24) is 19.5 Å². The van der Waals surface area contributed by atoms with Gasteiger partial charge in [0.15, 0.2) is 17.0 Å². The number of hydrogen-bond acceptors (Lipinski definition) is 4. The molecular weight excluding hydrogens is 329 g/mol. The molecule has 7 heteroatoms. The van der Waals surface area contributed by atoms with Crippen LogP contribution in [0, 0.1) is 0 Å². The highest BCUT2D eigenvalue weighted by atomic mass is 35.5. The summed E-state index contributed by atoms with van der Waals surface area (Å²) in [5, 5.41) is 0.153. The highest BCUT2D eigenvalue weighted by Crippen LogP contribution is 2.32. The molecule has 1 aliphatic heterocycles. The quantitative estimate of drug-likeness (QED) is 0.682. The molecule has 24 heavy (non-hydrogen) atoms. The first-order valence-electron chi connectivity index (χ1n) is 7.88. The lowest BCUT2D eigenvalue weighted by Gasteiger charge is -2.18. The molecule has 124 valence electrons. The highest BCUT2D eigenvalue weighted by molar-refractivity contribution is 6.28. The lowest BCUT2D eigenvalue weighted by atomic mass is 10.1. The predicted molar refractivity (Wildman–Crippen MR) is 92.2 cm³/mol. The molecule has 0 spiro atoms. The Morgan fingerprint density at radius 1 is 1.25 bits per heavy atom. The summed E-state index contributed by atoms with van der Waals surface area (Å²) >= 11 is 6.12. The Bertz CT molecular complexity index is 877. The molecule has 5 nitrogen and oxygen atoms in total. The average Bonchev–Trinajstić information content (AvgIpc) is 3.11. The van der Waals surface area contributed by atoms with E-state index in [1.807, 2.05) is 39.8 Å². The van der Waals surface area contributed by atoms with E-state index in [2.05, 4.69) is 15.0 Å². The largest absolute Gasteiger partial charge is 0.351 e. The zero-order chi connectivity index (χ0) is 16.7. The topological polar surface area (TPSA) is 46.8 Å². The van der Waals surface area contributed by atoms with Gasteiger partial charge in [-0.2, -0.15) is 9.97 Å². The molecule has 1 atom stereocenters. The van der Waals surface area contributed by atoms with Gasteiger partial charge in [-0.05, 0) is 24.1 Å². The maximum atomic E-state index is 14.2. The fourth-order valence-corrected chi connectivity index (χ4v) is 3.28. The second kappa shape index (κ2) is 5.70. The first kappa shape index (κ1) is 15.3. The summed E-state index contributed by atoms with van der Waals surface area (Å²) in [6.07, 6.45) is 2.21. The summed E-state index contributed by atoms with van der Waals surface area (Å²) < 4.78 is 16.1. The van der Waals surface area contributed by atoms with E-state index in [-0.39, 0.29) is 5.28 Å². The van der Waals surface area contributed by atoms with E-state index in [4.69, 9.17) is 11.6 Å². The van der Waals surface area contributed by atoms with Crippen molar-refractivity contribution in [3.63, 3.8) is 0 Å². The lowest BCUT2D eigenvalue weighted by molar-refractivity contribution is 0.221. The molecule has 2 aromatic heterocycles. The molecular formula is C17H17ClFN5. The maximum absolute atomic E-state index is 14.2. The first-order valence-corrected chi connectivity index (χ1v) is 8.26. The Hall–Kier alpha value is -2.21. The van der Waals surface area contributed by atoms with Gasteiger partial charge in [0.25, 0.3) is 0 Å². The lowest BCUT2D eigenvalue weighted by Crippen LogP contribution is -2.26. The van der Waals surface area contributed by atoms with Crippen molar-refractivity contribution in [2.45, 2.75) is 25.6 Å². The van der Waals surface area contributed by atoms with Gasteiger partial charge in [0.05, 0.1) is 19.4 Å².